The molecule has 0 radical (unpaired) electrons. The third-order valence-electron chi connectivity index (χ3n) is 2.30. The number of carbonyl (C=O) groups excluding carboxylic acids is 1. The lowest BCUT2D eigenvalue weighted by atomic mass is 10.1. The lowest BCUT2D eigenvalue weighted by Crippen LogP contribution is -2.20. The number of amides is 1. The average Bonchev–Trinajstić information content (AvgIpc) is 2.36. The molecule has 2 N–H and O–H groups in total. The van der Waals surface area contributed by atoms with Crippen LogP contribution in [0.5, 0.6) is 0 Å². The molecule has 0 heterocycles. The van der Waals surface area contributed by atoms with Gasteiger partial charge in [0.2, 0.25) is 5.91 Å². The summed E-state index contributed by atoms with van der Waals surface area (Å²) in [6, 6.07) is 6.77. The zero-order valence-electron chi connectivity index (χ0n) is 10.7. The molecule has 19 heavy (non-hydrogen) atoms. The van der Waals surface area contributed by atoms with Gasteiger partial charge < -0.3 is 19.9 Å². The summed E-state index contributed by atoms with van der Waals surface area (Å²) in [7, 11) is 1.55. The van der Waals surface area contributed by atoms with Crippen molar-refractivity contribution in [1.82, 2.24) is 0 Å². The largest absolute Gasteiger partial charge is 0.481 e. The summed E-state index contributed by atoms with van der Waals surface area (Å²) in [6.07, 6.45) is -0.138. The highest BCUT2D eigenvalue weighted by molar-refractivity contribution is 5.93. The summed E-state index contributed by atoms with van der Waals surface area (Å²) >= 11 is 0. The van der Waals surface area contributed by atoms with E-state index >= 15 is 0 Å². The van der Waals surface area contributed by atoms with E-state index in [9.17, 15) is 9.59 Å². The third kappa shape index (κ3) is 5.98. The minimum atomic E-state index is -0.946. The minimum absolute atomic E-state index is 0.0925. The van der Waals surface area contributed by atoms with Gasteiger partial charge in [-0.05, 0) is 11.6 Å². The Hall–Kier alpha value is -1.92. The second kappa shape index (κ2) is 8.23. The first-order valence-corrected chi connectivity index (χ1v) is 5.79. The second-order valence-corrected chi connectivity index (χ2v) is 3.82. The van der Waals surface area contributed by atoms with Crippen molar-refractivity contribution < 1.29 is 24.2 Å². The zero-order chi connectivity index (χ0) is 14.1. The quantitative estimate of drug-likeness (QED) is 0.684. The maximum atomic E-state index is 11.6. The van der Waals surface area contributed by atoms with Crippen molar-refractivity contribution in [3.8, 4) is 0 Å². The molecule has 0 unspecified atom stereocenters. The molecule has 1 rings (SSSR count). The van der Waals surface area contributed by atoms with Gasteiger partial charge in [0.05, 0.1) is 19.6 Å². The molecule has 0 atom stereocenters. The van der Waals surface area contributed by atoms with Gasteiger partial charge in [-0.2, -0.15) is 0 Å². The van der Waals surface area contributed by atoms with E-state index in [1.165, 1.54) is 0 Å². The minimum Gasteiger partial charge on any atom is -0.481 e. The zero-order valence-corrected chi connectivity index (χ0v) is 10.7. The Kier molecular flexibility index (Phi) is 6.56. The standard InChI is InChI=1S/C13H17NO5/c1-18-6-7-19-9-12(15)14-11-5-3-2-4-10(11)8-13(16)17/h2-5H,6-9H2,1H3,(H,14,15)(H,16,17). The Morgan fingerprint density at radius 1 is 1.26 bits per heavy atom. The molecule has 0 saturated heterocycles. The van der Waals surface area contributed by atoms with Crippen molar-refractivity contribution in [1.29, 1.82) is 0 Å². The molecule has 0 bridgehead atoms. The smallest absolute Gasteiger partial charge is 0.307 e. The van der Waals surface area contributed by atoms with Gasteiger partial charge in [0, 0.05) is 12.8 Å². The molecule has 0 aliphatic rings. The van der Waals surface area contributed by atoms with Crippen LogP contribution >= 0.6 is 0 Å². The lowest BCUT2D eigenvalue weighted by Gasteiger charge is -2.09. The number of carboxylic acids is 1. The molecule has 1 amide bonds. The predicted octanol–water partition coefficient (Wildman–Crippen LogP) is 0.915. The molecule has 104 valence electrons. The van der Waals surface area contributed by atoms with Crippen LogP contribution in [0.2, 0.25) is 0 Å². The normalized spacial score (nSPS) is 10.2. The van der Waals surface area contributed by atoms with Crippen LogP contribution in [0.4, 0.5) is 5.69 Å². The average molecular weight is 267 g/mol. The van der Waals surface area contributed by atoms with Crippen molar-refractivity contribution in [2.45, 2.75) is 6.42 Å². The summed E-state index contributed by atoms with van der Waals surface area (Å²) in [5.41, 5.74) is 1.05. The summed E-state index contributed by atoms with van der Waals surface area (Å²) in [6.45, 7) is 0.661. The lowest BCUT2D eigenvalue weighted by molar-refractivity contribution is -0.136. The van der Waals surface area contributed by atoms with Gasteiger partial charge in [-0.25, -0.2) is 0 Å². The van der Waals surface area contributed by atoms with Crippen LogP contribution in [0, 0.1) is 0 Å². The van der Waals surface area contributed by atoms with E-state index in [0.29, 0.717) is 24.5 Å². The van der Waals surface area contributed by atoms with Crippen LogP contribution in [-0.4, -0.2) is 43.9 Å². The number of anilines is 1. The fourth-order valence-corrected chi connectivity index (χ4v) is 1.45. The highest BCUT2D eigenvalue weighted by atomic mass is 16.5. The van der Waals surface area contributed by atoms with Crippen LogP contribution < -0.4 is 5.32 Å². The van der Waals surface area contributed by atoms with Gasteiger partial charge in [-0.15, -0.1) is 0 Å². The molecule has 0 saturated carbocycles. The molecule has 6 heteroatoms. The maximum absolute atomic E-state index is 11.6. The fraction of sp³-hybridized carbons (Fsp3) is 0.385. The van der Waals surface area contributed by atoms with Crippen molar-refractivity contribution in [3.63, 3.8) is 0 Å². The summed E-state index contributed by atoms with van der Waals surface area (Å²) in [4.78, 5) is 22.3. The number of rotatable bonds is 8. The van der Waals surface area contributed by atoms with Gasteiger partial charge in [0.25, 0.3) is 0 Å². The van der Waals surface area contributed by atoms with E-state index in [4.69, 9.17) is 14.6 Å². The highest BCUT2D eigenvalue weighted by Gasteiger charge is 2.09. The molecule has 6 nitrogen and oxygen atoms in total. The van der Waals surface area contributed by atoms with Crippen LogP contribution in [0.25, 0.3) is 0 Å². The number of ether oxygens (including phenoxy) is 2. The number of carbonyl (C=O) groups is 2. The maximum Gasteiger partial charge on any atom is 0.307 e. The number of carboxylic acid groups (broad SMARTS) is 1. The van der Waals surface area contributed by atoms with Crippen molar-refractivity contribution >= 4 is 17.6 Å². The molecule has 1 aromatic rings. The summed E-state index contributed by atoms with van der Waals surface area (Å²) in [5.74, 6) is -1.27. The first-order valence-electron chi connectivity index (χ1n) is 5.79. The van der Waals surface area contributed by atoms with Gasteiger partial charge >= 0.3 is 5.97 Å². The Labute approximate surface area is 111 Å². The monoisotopic (exact) mass is 267 g/mol. The van der Waals surface area contributed by atoms with Crippen LogP contribution in [0.3, 0.4) is 0 Å². The third-order valence-corrected chi connectivity index (χ3v) is 2.30. The van der Waals surface area contributed by atoms with E-state index in [1.807, 2.05) is 0 Å². The number of benzene rings is 1. The predicted molar refractivity (Wildman–Crippen MR) is 69.1 cm³/mol. The van der Waals surface area contributed by atoms with E-state index in [0.717, 1.165) is 0 Å². The number of methoxy groups -OCH3 is 1. The van der Waals surface area contributed by atoms with Crippen LogP contribution in [-0.2, 0) is 25.5 Å². The number of hydrogen-bond donors (Lipinski definition) is 2. The molecule has 0 aliphatic carbocycles. The fourth-order valence-electron chi connectivity index (χ4n) is 1.45. The Balaban J connectivity index is 2.51. The topological polar surface area (TPSA) is 84.9 Å². The SMILES string of the molecule is COCCOCC(=O)Nc1ccccc1CC(=O)O. The van der Waals surface area contributed by atoms with Gasteiger partial charge in [-0.1, -0.05) is 18.2 Å². The van der Waals surface area contributed by atoms with E-state index in [-0.39, 0.29) is 18.9 Å². The first-order chi connectivity index (χ1) is 9.13. The Morgan fingerprint density at radius 2 is 2.00 bits per heavy atom. The summed E-state index contributed by atoms with van der Waals surface area (Å²) < 4.78 is 9.86. The van der Waals surface area contributed by atoms with Crippen molar-refractivity contribution in [2.24, 2.45) is 0 Å². The summed E-state index contributed by atoms with van der Waals surface area (Å²) in [5, 5.41) is 11.4. The van der Waals surface area contributed by atoms with Crippen LogP contribution in [0.15, 0.2) is 24.3 Å². The van der Waals surface area contributed by atoms with Gasteiger partial charge in [-0.3, -0.25) is 9.59 Å². The molecular formula is C13H17NO5. The first kappa shape index (κ1) is 15.1. The van der Waals surface area contributed by atoms with Gasteiger partial charge in [0.15, 0.2) is 0 Å². The Bertz CT molecular complexity index is 433. The second-order valence-electron chi connectivity index (χ2n) is 3.82. The Morgan fingerprint density at radius 3 is 2.68 bits per heavy atom. The van der Waals surface area contributed by atoms with E-state index in [1.54, 1.807) is 31.4 Å². The molecular weight excluding hydrogens is 250 g/mol. The molecule has 0 aromatic heterocycles. The van der Waals surface area contributed by atoms with E-state index < -0.39 is 5.97 Å². The van der Waals surface area contributed by atoms with E-state index in [2.05, 4.69) is 5.32 Å². The van der Waals surface area contributed by atoms with Crippen LogP contribution in [0.1, 0.15) is 5.56 Å². The number of nitrogens with one attached hydrogen (secondary N) is 1. The van der Waals surface area contributed by atoms with Crippen molar-refractivity contribution in [2.75, 3.05) is 32.2 Å². The number of hydrogen-bond acceptors (Lipinski definition) is 4. The number of para-hydroxylation sites is 1. The van der Waals surface area contributed by atoms with Crippen molar-refractivity contribution in [3.05, 3.63) is 29.8 Å². The highest BCUT2D eigenvalue weighted by Crippen LogP contribution is 2.15. The molecule has 1 aromatic carbocycles. The number of aliphatic carboxylic acids is 1. The molecule has 0 fully saturated rings. The van der Waals surface area contributed by atoms with Gasteiger partial charge in [0.1, 0.15) is 6.61 Å². The molecule has 0 spiro atoms. The molecule has 0 aliphatic heterocycles.